The molecule has 0 saturated carbocycles. The molecular formula is C74H144O17P2. The van der Waals surface area contributed by atoms with Crippen LogP contribution in [0.25, 0.3) is 0 Å². The van der Waals surface area contributed by atoms with Crippen molar-refractivity contribution in [2.24, 2.45) is 23.7 Å². The molecule has 3 unspecified atom stereocenters. The third-order valence-electron chi connectivity index (χ3n) is 17.4. The summed E-state index contributed by atoms with van der Waals surface area (Å²) in [4.78, 5) is 72.6. The highest BCUT2D eigenvalue weighted by atomic mass is 31.2. The Hall–Kier alpha value is -1.94. The first kappa shape index (κ1) is 91.1. The number of rotatable bonds is 71. The van der Waals surface area contributed by atoms with E-state index >= 15 is 0 Å². The van der Waals surface area contributed by atoms with Crippen molar-refractivity contribution in [3.63, 3.8) is 0 Å². The van der Waals surface area contributed by atoms with Gasteiger partial charge in [-0.3, -0.25) is 37.3 Å². The first-order chi connectivity index (χ1) is 44.6. The fourth-order valence-electron chi connectivity index (χ4n) is 11.2. The molecule has 0 saturated heterocycles. The zero-order chi connectivity index (χ0) is 68.9. The number of ether oxygens (including phenoxy) is 4. The van der Waals surface area contributed by atoms with E-state index in [2.05, 4.69) is 55.4 Å². The van der Waals surface area contributed by atoms with Crippen LogP contribution in [0.2, 0.25) is 0 Å². The first-order valence-electron chi connectivity index (χ1n) is 38.2. The molecule has 0 aromatic rings. The number of carbonyl (C=O) groups excluding carboxylic acids is 4. The van der Waals surface area contributed by atoms with Gasteiger partial charge in [0.15, 0.2) is 12.2 Å². The highest BCUT2D eigenvalue weighted by Gasteiger charge is 2.30. The second-order valence-electron chi connectivity index (χ2n) is 28.4. The molecule has 0 bridgehead atoms. The Bertz CT molecular complexity index is 1840. The minimum absolute atomic E-state index is 0.106. The Kier molecular flexibility index (Phi) is 62.2. The van der Waals surface area contributed by atoms with E-state index in [1.165, 1.54) is 161 Å². The van der Waals surface area contributed by atoms with Gasteiger partial charge >= 0.3 is 39.5 Å². The second kappa shape index (κ2) is 63.5. The molecule has 17 nitrogen and oxygen atoms in total. The van der Waals surface area contributed by atoms with Crippen molar-refractivity contribution >= 4 is 39.5 Å². The maximum absolute atomic E-state index is 13.0. The molecule has 0 aliphatic rings. The Morgan fingerprint density at radius 3 is 0.763 bits per heavy atom. The molecule has 0 aromatic carbocycles. The van der Waals surface area contributed by atoms with E-state index in [-0.39, 0.29) is 25.7 Å². The van der Waals surface area contributed by atoms with Crippen LogP contribution in [0.4, 0.5) is 0 Å². The van der Waals surface area contributed by atoms with Crippen LogP contribution >= 0.6 is 15.6 Å². The van der Waals surface area contributed by atoms with Crippen LogP contribution in [-0.4, -0.2) is 96.7 Å². The van der Waals surface area contributed by atoms with Crippen molar-refractivity contribution in [3.8, 4) is 0 Å². The predicted octanol–water partition coefficient (Wildman–Crippen LogP) is 21.3. The van der Waals surface area contributed by atoms with Gasteiger partial charge in [0, 0.05) is 25.7 Å². The summed E-state index contributed by atoms with van der Waals surface area (Å²) in [7, 11) is -9.91. The van der Waals surface area contributed by atoms with Crippen LogP contribution in [0, 0.1) is 23.7 Å². The number of esters is 4. The van der Waals surface area contributed by atoms with Crippen molar-refractivity contribution in [2.75, 3.05) is 39.6 Å². The van der Waals surface area contributed by atoms with Crippen molar-refractivity contribution < 1.29 is 80.2 Å². The fraction of sp³-hybridized carbons (Fsp3) is 0.946. The lowest BCUT2D eigenvalue weighted by atomic mass is 9.99. The molecule has 0 rings (SSSR count). The van der Waals surface area contributed by atoms with E-state index < -0.39 is 97.5 Å². The summed E-state index contributed by atoms with van der Waals surface area (Å²) < 4.78 is 68.4. The monoisotopic (exact) mass is 1370 g/mol. The molecule has 0 aliphatic heterocycles. The first-order valence-corrected chi connectivity index (χ1v) is 41.2. The second-order valence-corrected chi connectivity index (χ2v) is 31.3. The summed E-state index contributed by atoms with van der Waals surface area (Å²) in [5, 5.41) is 10.6. The van der Waals surface area contributed by atoms with E-state index in [0.717, 1.165) is 115 Å². The third kappa shape index (κ3) is 67.0. The summed E-state index contributed by atoms with van der Waals surface area (Å²) in [6.45, 7) is 14.1. The Balaban J connectivity index is 5.18. The molecule has 0 radical (unpaired) electrons. The number of carbonyl (C=O) groups is 4. The molecule has 6 atom stereocenters. The molecule has 0 aliphatic carbocycles. The van der Waals surface area contributed by atoms with Crippen LogP contribution < -0.4 is 0 Å². The average molecular weight is 1370 g/mol. The number of hydrogen-bond donors (Lipinski definition) is 3. The molecule has 0 fully saturated rings. The molecule has 0 aromatic heterocycles. The molecule has 552 valence electrons. The smallest absolute Gasteiger partial charge is 0.462 e. The van der Waals surface area contributed by atoms with Crippen molar-refractivity contribution in [1.82, 2.24) is 0 Å². The lowest BCUT2D eigenvalue weighted by Gasteiger charge is -2.21. The largest absolute Gasteiger partial charge is 0.472 e. The van der Waals surface area contributed by atoms with Gasteiger partial charge in [-0.15, -0.1) is 0 Å². The van der Waals surface area contributed by atoms with Crippen LogP contribution in [-0.2, 0) is 65.4 Å². The third-order valence-corrected chi connectivity index (χ3v) is 19.3. The minimum atomic E-state index is -4.95. The number of aliphatic hydroxyl groups excluding tert-OH is 1. The minimum Gasteiger partial charge on any atom is -0.462 e. The Morgan fingerprint density at radius 1 is 0.301 bits per heavy atom. The SMILES string of the molecule is CCC(C)CCCCCCCCCCCCCCCCC(=O)O[C@H](COC(=O)CCCCCCCCC(C)C)COP(=O)(O)OC[C@@H](O)COP(=O)(O)OC[C@@H](COC(=O)CCCCCCCCC(C)C)OC(=O)CCCCCCCCCCCCCCCCC(C)C. The number of aliphatic hydroxyl groups is 1. The van der Waals surface area contributed by atoms with E-state index in [1.54, 1.807) is 0 Å². The van der Waals surface area contributed by atoms with Crippen LogP contribution in [0.3, 0.4) is 0 Å². The summed E-state index contributed by atoms with van der Waals surface area (Å²) in [5.41, 5.74) is 0. The van der Waals surface area contributed by atoms with Gasteiger partial charge in [0.1, 0.15) is 19.3 Å². The summed E-state index contributed by atoms with van der Waals surface area (Å²) in [5.74, 6) is 0.872. The van der Waals surface area contributed by atoms with Gasteiger partial charge in [-0.25, -0.2) is 9.13 Å². The van der Waals surface area contributed by atoms with Gasteiger partial charge in [0.25, 0.3) is 0 Å². The van der Waals surface area contributed by atoms with Gasteiger partial charge in [-0.2, -0.15) is 0 Å². The van der Waals surface area contributed by atoms with Crippen LogP contribution in [0.5, 0.6) is 0 Å². The normalized spacial score (nSPS) is 14.5. The van der Waals surface area contributed by atoms with E-state index in [9.17, 15) is 43.2 Å². The number of hydrogen-bond acceptors (Lipinski definition) is 15. The van der Waals surface area contributed by atoms with Gasteiger partial charge < -0.3 is 33.8 Å². The summed E-state index contributed by atoms with van der Waals surface area (Å²) in [6.07, 6.45) is 47.5. The predicted molar refractivity (Wildman–Crippen MR) is 377 cm³/mol. The van der Waals surface area contributed by atoms with Gasteiger partial charge in [-0.05, 0) is 49.4 Å². The lowest BCUT2D eigenvalue weighted by Crippen LogP contribution is -2.30. The van der Waals surface area contributed by atoms with Gasteiger partial charge in [0.05, 0.1) is 26.4 Å². The zero-order valence-corrected chi connectivity index (χ0v) is 62.7. The molecule has 3 N–H and O–H groups in total. The molecule has 0 amide bonds. The fourth-order valence-corrected chi connectivity index (χ4v) is 12.7. The highest BCUT2D eigenvalue weighted by molar-refractivity contribution is 7.47. The molecule has 19 heteroatoms. The molecular weight excluding hydrogens is 1220 g/mol. The lowest BCUT2D eigenvalue weighted by molar-refractivity contribution is -0.161. The summed E-state index contributed by atoms with van der Waals surface area (Å²) >= 11 is 0. The van der Waals surface area contributed by atoms with E-state index in [0.29, 0.717) is 37.5 Å². The number of phosphoric ester groups is 2. The van der Waals surface area contributed by atoms with Crippen LogP contribution in [0.15, 0.2) is 0 Å². The number of phosphoric acid groups is 2. The summed E-state index contributed by atoms with van der Waals surface area (Å²) in [6, 6.07) is 0. The maximum atomic E-state index is 13.0. The van der Waals surface area contributed by atoms with Gasteiger partial charge in [0.2, 0.25) is 0 Å². The number of unbranched alkanes of at least 4 members (excludes halogenated alkanes) is 36. The van der Waals surface area contributed by atoms with E-state index in [4.69, 9.17) is 37.0 Å². The Morgan fingerprint density at radius 2 is 0.516 bits per heavy atom. The van der Waals surface area contributed by atoms with Crippen molar-refractivity contribution in [1.29, 1.82) is 0 Å². The topological polar surface area (TPSA) is 237 Å². The van der Waals surface area contributed by atoms with E-state index in [1.807, 2.05) is 0 Å². The molecule has 0 spiro atoms. The Labute approximate surface area is 568 Å². The average Bonchev–Trinajstić information content (AvgIpc) is 2.78. The standard InChI is InChI=1S/C74H144O17P2/c1-9-67(8)53-45-37-27-23-19-15-11-13-17-21-25-29-41-49-57-74(79)91-70(61-85-72(77)55-47-39-33-31-36-44-52-66(6)7)63-89-93(82,83)87-59-68(75)58-86-92(80,81)88-62-69(60-84-71(76)54-46-38-32-30-35-43-51-65(4)5)90-73(78)56-48-40-28-24-20-16-12-10-14-18-22-26-34-42-50-64(2)3/h64-70,75H,9-63H2,1-8H3,(H,80,81)(H,82,83)/t67?,68-,69+,70+/m0/s1. The molecule has 93 heavy (non-hydrogen) atoms. The maximum Gasteiger partial charge on any atom is 0.472 e. The zero-order valence-electron chi connectivity index (χ0n) is 60.9. The van der Waals surface area contributed by atoms with Gasteiger partial charge in [-0.1, -0.05) is 319 Å². The van der Waals surface area contributed by atoms with Crippen molar-refractivity contribution in [2.45, 2.75) is 388 Å². The van der Waals surface area contributed by atoms with Crippen molar-refractivity contribution in [3.05, 3.63) is 0 Å². The highest BCUT2D eigenvalue weighted by Crippen LogP contribution is 2.45. The molecule has 0 heterocycles. The quantitative estimate of drug-likeness (QED) is 0.0222. The van der Waals surface area contributed by atoms with Crippen LogP contribution in [0.1, 0.15) is 370 Å².